The molecule has 3 aromatic rings. The minimum absolute atomic E-state index is 0.0429. The van der Waals surface area contributed by atoms with Gasteiger partial charge in [0, 0.05) is 38.4 Å². The molecule has 0 saturated carbocycles. The molecule has 0 bridgehead atoms. The summed E-state index contributed by atoms with van der Waals surface area (Å²) in [4.78, 5) is 17.4. The quantitative estimate of drug-likeness (QED) is 0.532. The molecule has 168 valence electrons. The number of nitrogens with one attached hydrogen (secondary N) is 1. The summed E-state index contributed by atoms with van der Waals surface area (Å²) in [5.41, 5.74) is 3.24. The summed E-state index contributed by atoms with van der Waals surface area (Å²) < 4.78 is 2.05. The van der Waals surface area contributed by atoms with Gasteiger partial charge in [-0.15, -0.1) is 10.2 Å². The number of carbonyl (C=O) groups excluding carboxylic acids is 1. The normalized spacial score (nSPS) is 15.1. The Morgan fingerprint density at radius 2 is 1.72 bits per heavy atom. The summed E-state index contributed by atoms with van der Waals surface area (Å²) in [5, 5.41) is 12.2. The van der Waals surface area contributed by atoms with E-state index in [0.29, 0.717) is 6.54 Å². The third-order valence-electron chi connectivity index (χ3n) is 5.63. The maximum absolute atomic E-state index is 12.6. The first kappa shape index (κ1) is 22.5. The van der Waals surface area contributed by atoms with Crippen LogP contribution in [-0.2, 0) is 17.9 Å². The van der Waals surface area contributed by atoms with Crippen LogP contribution in [0, 0.1) is 6.92 Å². The van der Waals surface area contributed by atoms with Gasteiger partial charge in [0.05, 0.1) is 12.3 Å². The van der Waals surface area contributed by atoms with Crippen molar-refractivity contribution in [3.05, 3.63) is 71.5 Å². The predicted octanol–water partition coefficient (Wildman–Crippen LogP) is 3.11. The second-order valence-corrected chi connectivity index (χ2v) is 9.16. The zero-order chi connectivity index (χ0) is 22.3. The third kappa shape index (κ3) is 6.18. The minimum atomic E-state index is -0.0429. The molecule has 0 spiro atoms. The van der Waals surface area contributed by atoms with Crippen molar-refractivity contribution in [3.8, 4) is 0 Å². The monoisotopic (exact) mass is 450 g/mol. The summed E-state index contributed by atoms with van der Waals surface area (Å²) in [6, 6.07) is 18.3. The van der Waals surface area contributed by atoms with E-state index in [2.05, 4.69) is 56.6 Å². The highest BCUT2D eigenvalue weighted by atomic mass is 32.2. The lowest BCUT2D eigenvalue weighted by atomic mass is 10.1. The van der Waals surface area contributed by atoms with Gasteiger partial charge >= 0.3 is 0 Å². The summed E-state index contributed by atoms with van der Waals surface area (Å²) in [5.74, 6) is 1.09. The Hall–Kier alpha value is -2.68. The lowest BCUT2D eigenvalue weighted by Crippen LogP contribution is -2.43. The molecule has 4 rings (SSSR count). The molecule has 2 heterocycles. The highest BCUT2D eigenvalue weighted by molar-refractivity contribution is 7.99. The number of likely N-dealkylation sites (N-methyl/N-ethyl adjacent to an activating group) is 1. The van der Waals surface area contributed by atoms with E-state index in [1.165, 1.54) is 22.9 Å². The van der Waals surface area contributed by atoms with Crippen LogP contribution in [0.15, 0.2) is 59.8 Å². The van der Waals surface area contributed by atoms with Gasteiger partial charge in [-0.2, -0.15) is 0 Å². The molecule has 0 radical (unpaired) electrons. The highest BCUT2D eigenvalue weighted by Crippen LogP contribution is 2.20. The molecule has 1 aliphatic rings. The minimum Gasteiger partial charge on any atom is -0.325 e. The van der Waals surface area contributed by atoms with E-state index in [-0.39, 0.29) is 11.7 Å². The number of piperazine rings is 1. The number of rotatable bonds is 8. The Morgan fingerprint density at radius 1 is 0.969 bits per heavy atom. The van der Waals surface area contributed by atoms with Crippen LogP contribution < -0.4 is 5.32 Å². The van der Waals surface area contributed by atoms with Crippen molar-refractivity contribution in [1.29, 1.82) is 0 Å². The molecule has 0 unspecified atom stereocenters. The maximum Gasteiger partial charge on any atom is 0.234 e. The highest BCUT2D eigenvalue weighted by Gasteiger charge is 2.15. The van der Waals surface area contributed by atoms with Crippen LogP contribution in [0.3, 0.4) is 0 Å². The molecule has 1 amide bonds. The number of aryl methyl sites for hydroxylation is 1. The van der Waals surface area contributed by atoms with Crippen LogP contribution >= 0.6 is 11.8 Å². The fourth-order valence-electron chi connectivity index (χ4n) is 3.76. The first-order valence-corrected chi connectivity index (χ1v) is 11.9. The van der Waals surface area contributed by atoms with Gasteiger partial charge in [-0.3, -0.25) is 9.69 Å². The summed E-state index contributed by atoms with van der Waals surface area (Å²) in [6.45, 7) is 7.89. The average Bonchev–Trinajstić information content (AvgIpc) is 3.14. The molecule has 8 heteroatoms. The number of thioether (sulfide) groups is 1. The standard InChI is InChI=1S/C24H30N6OS/c1-19-26-27-24(30(19)17-20-7-4-3-5-8-20)32-18-23(31)25-22-10-6-9-21(15-22)16-29-13-11-28(2)12-14-29/h3-10,15H,11-14,16-18H2,1-2H3,(H,25,31). The van der Waals surface area contributed by atoms with Crippen molar-refractivity contribution in [2.24, 2.45) is 0 Å². The fourth-order valence-corrected chi connectivity index (χ4v) is 4.54. The molecule has 0 atom stereocenters. The smallest absolute Gasteiger partial charge is 0.234 e. The van der Waals surface area contributed by atoms with Crippen molar-refractivity contribution >= 4 is 23.4 Å². The predicted molar refractivity (Wildman–Crippen MR) is 129 cm³/mol. The first-order chi connectivity index (χ1) is 15.6. The first-order valence-electron chi connectivity index (χ1n) is 10.9. The van der Waals surface area contributed by atoms with Crippen LogP contribution in [0.2, 0.25) is 0 Å². The molecule has 2 aromatic carbocycles. The second kappa shape index (κ2) is 10.8. The molecular weight excluding hydrogens is 420 g/mol. The Morgan fingerprint density at radius 3 is 2.50 bits per heavy atom. The Balaban J connectivity index is 1.31. The summed E-state index contributed by atoms with van der Waals surface area (Å²) >= 11 is 1.41. The number of hydrogen-bond donors (Lipinski definition) is 1. The lowest BCUT2D eigenvalue weighted by molar-refractivity contribution is -0.113. The van der Waals surface area contributed by atoms with E-state index in [1.807, 2.05) is 41.8 Å². The van der Waals surface area contributed by atoms with Gasteiger partial charge in [0.25, 0.3) is 0 Å². The number of amides is 1. The number of carbonyl (C=O) groups is 1. The molecule has 32 heavy (non-hydrogen) atoms. The van der Waals surface area contributed by atoms with Crippen LogP contribution in [0.5, 0.6) is 0 Å². The topological polar surface area (TPSA) is 66.3 Å². The molecule has 7 nitrogen and oxygen atoms in total. The Kier molecular flexibility index (Phi) is 7.57. The molecular formula is C24H30N6OS. The van der Waals surface area contributed by atoms with E-state index in [4.69, 9.17) is 0 Å². The number of aromatic nitrogens is 3. The number of hydrogen-bond acceptors (Lipinski definition) is 6. The van der Waals surface area contributed by atoms with Gasteiger partial charge in [-0.25, -0.2) is 0 Å². The lowest BCUT2D eigenvalue weighted by Gasteiger charge is -2.32. The molecule has 0 aliphatic carbocycles. The number of anilines is 1. The molecule has 1 saturated heterocycles. The number of benzene rings is 2. The average molecular weight is 451 g/mol. The van der Waals surface area contributed by atoms with Crippen molar-refractivity contribution in [3.63, 3.8) is 0 Å². The van der Waals surface area contributed by atoms with Gasteiger partial charge in [0.2, 0.25) is 5.91 Å². The van der Waals surface area contributed by atoms with Gasteiger partial charge in [-0.05, 0) is 37.2 Å². The van der Waals surface area contributed by atoms with Gasteiger partial charge in [0.1, 0.15) is 5.82 Å². The van der Waals surface area contributed by atoms with Crippen molar-refractivity contribution < 1.29 is 4.79 Å². The van der Waals surface area contributed by atoms with Gasteiger partial charge in [0.15, 0.2) is 5.16 Å². The fraction of sp³-hybridized carbons (Fsp3) is 0.375. The van der Waals surface area contributed by atoms with Crippen molar-refractivity contribution in [2.75, 3.05) is 44.3 Å². The van der Waals surface area contributed by atoms with Crippen LogP contribution in [0.1, 0.15) is 17.0 Å². The summed E-state index contributed by atoms with van der Waals surface area (Å²) in [6.07, 6.45) is 0. The molecule has 1 aliphatic heterocycles. The molecule has 1 aromatic heterocycles. The van der Waals surface area contributed by atoms with E-state index in [9.17, 15) is 4.79 Å². The van der Waals surface area contributed by atoms with E-state index >= 15 is 0 Å². The summed E-state index contributed by atoms with van der Waals surface area (Å²) in [7, 11) is 2.16. The van der Waals surface area contributed by atoms with Gasteiger partial charge < -0.3 is 14.8 Å². The largest absolute Gasteiger partial charge is 0.325 e. The zero-order valence-corrected chi connectivity index (χ0v) is 19.5. The van der Waals surface area contributed by atoms with Crippen molar-refractivity contribution in [1.82, 2.24) is 24.6 Å². The van der Waals surface area contributed by atoms with E-state index in [1.54, 1.807) is 0 Å². The molecule has 1 fully saturated rings. The zero-order valence-electron chi connectivity index (χ0n) is 18.7. The second-order valence-electron chi connectivity index (χ2n) is 8.22. The van der Waals surface area contributed by atoms with Gasteiger partial charge in [-0.1, -0.05) is 54.2 Å². The number of nitrogens with zero attached hydrogens (tertiary/aromatic N) is 5. The van der Waals surface area contributed by atoms with E-state index < -0.39 is 0 Å². The van der Waals surface area contributed by atoms with E-state index in [0.717, 1.165) is 49.4 Å². The van der Waals surface area contributed by atoms with Crippen LogP contribution in [0.25, 0.3) is 0 Å². The maximum atomic E-state index is 12.6. The van der Waals surface area contributed by atoms with Crippen LogP contribution in [-0.4, -0.2) is 69.5 Å². The third-order valence-corrected chi connectivity index (χ3v) is 6.60. The SMILES string of the molecule is Cc1nnc(SCC(=O)Nc2cccc(CN3CCN(C)CC3)c2)n1Cc1ccccc1. The van der Waals surface area contributed by atoms with Crippen LogP contribution in [0.4, 0.5) is 5.69 Å². The molecule has 1 N–H and O–H groups in total. The van der Waals surface area contributed by atoms with Crippen molar-refractivity contribution in [2.45, 2.75) is 25.2 Å². The Bertz CT molecular complexity index is 1030. The Labute approximate surface area is 193 Å².